The zero-order chi connectivity index (χ0) is 46.5. The van der Waals surface area contributed by atoms with Crippen molar-refractivity contribution < 1.29 is 28.6 Å². The molecule has 378 valence electrons. The normalized spacial score (nSPS) is 12.0. The van der Waals surface area contributed by atoms with Crippen LogP contribution in [0.4, 0.5) is 0 Å². The van der Waals surface area contributed by atoms with E-state index in [1.165, 1.54) is 218 Å². The molecule has 1 unspecified atom stereocenters. The van der Waals surface area contributed by atoms with Gasteiger partial charge in [0, 0.05) is 19.3 Å². The van der Waals surface area contributed by atoms with E-state index in [2.05, 4.69) is 32.9 Å². The van der Waals surface area contributed by atoms with Gasteiger partial charge < -0.3 is 14.2 Å². The van der Waals surface area contributed by atoms with Crippen molar-refractivity contribution in [3.05, 3.63) is 12.2 Å². The van der Waals surface area contributed by atoms with Crippen molar-refractivity contribution in [3.8, 4) is 0 Å². The van der Waals surface area contributed by atoms with Crippen LogP contribution < -0.4 is 0 Å². The van der Waals surface area contributed by atoms with E-state index >= 15 is 0 Å². The number of hydrogen-bond donors (Lipinski definition) is 0. The summed E-state index contributed by atoms with van der Waals surface area (Å²) in [5.74, 6) is -0.874. The predicted molar refractivity (Wildman–Crippen MR) is 275 cm³/mol. The first-order valence-corrected chi connectivity index (χ1v) is 28.7. The third-order valence-electron chi connectivity index (χ3n) is 13.0. The van der Waals surface area contributed by atoms with Crippen molar-refractivity contribution in [1.29, 1.82) is 0 Å². The molecule has 0 amide bonds. The molecule has 0 saturated carbocycles. The van der Waals surface area contributed by atoms with E-state index in [0.29, 0.717) is 19.3 Å². The van der Waals surface area contributed by atoms with Gasteiger partial charge in [-0.05, 0) is 38.5 Å². The molecule has 0 fully saturated rings. The molecule has 0 saturated heterocycles. The Hall–Kier alpha value is -1.85. The second-order valence-electron chi connectivity index (χ2n) is 19.6. The highest BCUT2D eigenvalue weighted by atomic mass is 16.6. The number of esters is 3. The van der Waals surface area contributed by atoms with Crippen LogP contribution in [-0.4, -0.2) is 37.2 Å². The predicted octanol–water partition coefficient (Wildman–Crippen LogP) is 18.9. The van der Waals surface area contributed by atoms with Gasteiger partial charge in [-0.15, -0.1) is 0 Å². The number of carbonyl (C=O) groups is 3. The number of rotatable bonds is 53. The standard InChI is InChI=1S/C58H110O6/c1-4-7-10-13-16-18-20-21-22-23-24-25-26-27-28-29-30-31-32-33-34-35-36-37-39-40-42-45-48-51-57(60)63-54-55(53-62-56(59)50-47-44-15-12-9-6-3)64-58(61)52-49-46-43-41-38-19-17-14-11-8-5-2/h14,17,55H,4-13,15-16,18-54H2,1-3H3/b17-14-. The summed E-state index contributed by atoms with van der Waals surface area (Å²) in [5, 5.41) is 0. The van der Waals surface area contributed by atoms with Crippen LogP contribution in [0.2, 0.25) is 0 Å². The first kappa shape index (κ1) is 62.1. The van der Waals surface area contributed by atoms with Crippen LogP contribution in [0, 0.1) is 0 Å². The summed E-state index contributed by atoms with van der Waals surface area (Å²) >= 11 is 0. The SMILES string of the molecule is CCCC/C=C\CCCCCCCC(=O)OC(COC(=O)CCCCCCCC)COC(=O)CCCCCCCCCCCCCCCCCCCCCCCCCCCCCCC. The number of carbonyl (C=O) groups excluding carboxylic acids is 3. The van der Waals surface area contributed by atoms with Gasteiger partial charge in [0.2, 0.25) is 0 Å². The van der Waals surface area contributed by atoms with Crippen molar-refractivity contribution >= 4 is 17.9 Å². The van der Waals surface area contributed by atoms with Crippen LogP contribution in [0.15, 0.2) is 12.2 Å². The maximum atomic E-state index is 12.7. The Morgan fingerprint density at radius 3 is 0.828 bits per heavy atom. The average molecular weight is 904 g/mol. The first-order valence-electron chi connectivity index (χ1n) is 28.7. The molecule has 0 rings (SSSR count). The quantitative estimate of drug-likeness (QED) is 0.0262. The zero-order valence-electron chi connectivity index (χ0n) is 43.3. The van der Waals surface area contributed by atoms with Crippen molar-refractivity contribution in [3.63, 3.8) is 0 Å². The van der Waals surface area contributed by atoms with Gasteiger partial charge in [-0.1, -0.05) is 277 Å². The van der Waals surface area contributed by atoms with Crippen LogP contribution in [-0.2, 0) is 28.6 Å². The lowest BCUT2D eigenvalue weighted by molar-refractivity contribution is -0.167. The Kier molecular flexibility index (Phi) is 52.2. The fraction of sp³-hybridized carbons (Fsp3) is 0.914. The molecule has 0 radical (unpaired) electrons. The number of ether oxygens (including phenoxy) is 3. The van der Waals surface area contributed by atoms with Gasteiger partial charge in [-0.25, -0.2) is 0 Å². The van der Waals surface area contributed by atoms with Crippen LogP contribution in [0.1, 0.15) is 323 Å². The molecule has 0 N–H and O–H groups in total. The van der Waals surface area contributed by atoms with Gasteiger partial charge in [-0.3, -0.25) is 14.4 Å². The minimum atomic E-state index is -0.766. The molecule has 64 heavy (non-hydrogen) atoms. The largest absolute Gasteiger partial charge is 0.462 e. The minimum Gasteiger partial charge on any atom is -0.462 e. The van der Waals surface area contributed by atoms with Gasteiger partial charge >= 0.3 is 17.9 Å². The number of hydrogen-bond acceptors (Lipinski definition) is 6. The molecule has 6 nitrogen and oxygen atoms in total. The molecule has 1 atom stereocenters. The fourth-order valence-corrected chi connectivity index (χ4v) is 8.66. The van der Waals surface area contributed by atoms with E-state index in [1.807, 2.05) is 0 Å². The second kappa shape index (κ2) is 53.8. The maximum absolute atomic E-state index is 12.7. The van der Waals surface area contributed by atoms with Gasteiger partial charge in [0.25, 0.3) is 0 Å². The Bertz CT molecular complexity index is 993. The molecule has 0 aliphatic carbocycles. The van der Waals surface area contributed by atoms with E-state index in [0.717, 1.165) is 64.2 Å². The van der Waals surface area contributed by atoms with E-state index in [9.17, 15) is 14.4 Å². The Morgan fingerprint density at radius 2 is 0.531 bits per heavy atom. The van der Waals surface area contributed by atoms with E-state index in [1.54, 1.807) is 0 Å². The highest BCUT2D eigenvalue weighted by Gasteiger charge is 2.19. The lowest BCUT2D eigenvalue weighted by Crippen LogP contribution is -2.30. The third kappa shape index (κ3) is 51.1. The van der Waals surface area contributed by atoms with Crippen molar-refractivity contribution in [2.45, 2.75) is 329 Å². The molecule has 0 bridgehead atoms. The highest BCUT2D eigenvalue weighted by molar-refractivity contribution is 5.71. The van der Waals surface area contributed by atoms with E-state index < -0.39 is 6.10 Å². The van der Waals surface area contributed by atoms with Crippen LogP contribution >= 0.6 is 0 Å². The van der Waals surface area contributed by atoms with Gasteiger partial charge in [-0.2, -0.15) is 0 Å². The highest BCUT2D eigenvalue weighted by Crippen LogP contribution is 2.18. The molecule has 0 aromatic carbocycles. The molecule has 0 aromatic heterocycles. The molecule has 0 aliphatic rings. The molecular formula is C58H110O6. The van der Waals surface area contributed by atoms with E-state index in [4.69, 9.17) is 14.2 Å². The lowest BCUT2D eigenvalue weighted by atomic mass is 10.0. The molecule has 0 spiro atoms. The van der Waals surface area contributed by atoms with Crippen LogP contribution in [0.25, 0.3) is 0 Å². The molecular weight excluding hydrogens is 793 g/mol. The molecule has 0 aliphatic heterocycles. The van der Waals surface area contributed by atoms with Crippen LogP contribution in [0.5, 0.6) is 0 Å². The summed E-state index contributed by atoms with van der Waals surface area (Å²) in [4.78, 5) is 37.7. The summed E-state index contributed by atoms with van der Waals surface area (Å²) in [6.45, 7) is 6.57. The molecule has 0 heterocycles. The Balaban J connectivity index is 3.90. The molecule has 6 heteroatoms. The summed E-state index contributed by atoms with van der Waals surface area (Å²) < 4.78 is 16.7. The summed E-state index contributed by atoms with van der Waals surface area (Å²) in [6.07, 6.45) is 61.2. The summed E-state index contributed by atoms with van der Waals surface area (Å²) in [7, 11) is 0. The first-order chi connectivity index (χ1) is 31.5. The smallest absolute Gasteiger partial charge is 0.306 e. The van der Waals surface area contributed by atoms with Gasteiger partial charge in [0.15, 0.2) is 6.10 Å². The number of unbranched alkanes of at least 4 members (excludes halogenated alkanes) is 40. The molecule has 0 aromatic rings. The van der Waals surface area contributed by atoms with Crippen LogP contribution in [0.3, 0.4) is 0 Å². The van der Waals surface area contributed by atoms with Gasteiger partial charge in [0.1, 0.15) is 13.2 Å². The Labute approximate surface area is 399 Å². The monoisotopic (exact) mass is 903 g/mol. The lowest BCUT2D eigenvalue weighted by Gasteiger charge is -2.18. The average Bonchev–Trinajstić information content (AvgIpc) is 3.29. The van der Waals surface area contributed by atoms with Gasteiger partial charge in [0.05, 0.1) is 0 Å². The Morgan fingerprint density at radius 1 is 0.297 bits per heavy atom. The van der Waals surface area contributed by atoms with Crippen molar-refractivity contribution in [2.75, 3.05) is 13.2 Å². The third-order valence-corrected chi connectivity index (χ3v) is 13.0. The van der Waals surface area contributed by atoms with E-state index in [-0.39, 0.29) is 31.1 Å². The maximum Gasteiger partial charge on any atom is 0.306 e. The number of allylic oxidation sites excluding steroid dienone is 2. The topological polar surface area (TPSA) is 78.9 Å². The summed E-state index contributed by atoms with van der Waals surface area (Å²) in [6, 6.07) is 0. The fourth-order valence-electron chi connectivity index (χ4n) is 8.66. The summed E-state index contributed by atoms with van der Waals surface area (Å²) in [5.41, 5.74) is 0. The minimum absolute atomic E-state index is 0.0692. The van der Waals surface area contributed by atoms with Crippen molar-refractivity contribution in [1.82, 2.24) is 0 Å². The van der Waals surface area contributed by atoms with Crippen molar-refractivity contribution in [2.24, 2.45) is 0 Å². The second-order valence-corrected chi connectivity index (χ2v) is 19.6. The zero-order valence-corrected chi connectivity index (χ0v) is 43.3.